The molecule has 3 rings (SSSR count). The van der Waals surface area contributed by atoms with Crippen molar-refractivity contribution in [3.8, 4) is 10.4 Å². The summed E-state index contributed by atoms with van der Waals surface area (Å²) in [7, 11) is 0. The highest BCUT2D eigenvalue weighted by atomic mass is 32.1. The summed E-state index contributed by atoms with van der Waals surface area (Å²) in [6, 6.07) is 10.1. The molecule has 0 radical (unpaired) electrons. The molecule has 1 aromatic heterocycles. The topological polar surface area (TPSA) is 29.5 Å². The zero-order chi connectivity index (χ0) is 14.8. The minimum absolute atomic E-state index is 0.0449. The molecule has 1 fully saturated rings. The third kappa shape index (κ3) is 3.14. The van der Waals surface area contributed by atoms with Gasteiger partial charge in [-0.1, -0.05) is 12.1 Å². The van der Waals surface area contributed by atoms with Gasteiger partial charge in [-0.15, -0.1) is 11.3 Å². The number of carbonyl (C=O) groups excluding carboxylic acids is 1. The van der Waals surface area contributed by atoms with Crippen LogP contribution in [0.15, 0.2) is 36.4 Å². The summed E-state index contributed by atoms with van der Waals surface area (Å²) in [6.45, 7) is 3.82. The number of morpholine rings is 1. The van der Waals surface area contributed by atoms with E-state index in [9.17, 15) is 9.18 Å². The average molecular weight is 305 g/mol. The second kappa shape index (κ2) is 5.95. The third-order valence-corrected chi connectivity index (χ3v) is 4.60. The molecule has 0 unspecified atom stereocenters. The molecule has 110 valence electrons. The maximum Gasteiger partial charge on any atom is 0.264 e. The number of hydrogen-bond acceptors (Lipinski definition) is 3. The number of ether oxygens (including phenoxy) is 1. The molecule has 1 saturated heterocycles. The predicted molar refractivity (Wildman–Crippen MR) is 81.0 cm³/mol. The normalized spacial score (nSPS) is 18.8. The van der Waals surface area contributed by atoms with Crippen molar-refractivity contribution >= 4 is 17.2 Å². The molecule has 0 bridgehead atoms. The van der Waals surface area contributed by atoms with E-state index in [2.05, 4.69) is 0 Å². The fourth-order valence-electron chi connectivity index (χ4n) is 2.38. The second-order valence-electron chi connectivity index (χ2n) is 5.10. The number of benzene rings is 1. The molecule has 1 aliphatic rings. The molecule has 21 heavy (non-hydrogen) atoms. The first-order valence-corrected chi connectivity index (χ1v) is 7.72. The van der Waals surface area contributed by atoms with Gasteiger partial charge in [0.1, 0.15) is 5.82 Å². The van der Waals surface area contributed by atoms with Crippen LogP contribution in [0.3, 0.4) is 0 Å². The van der Waals surface area contributed by atoms with Crippen molar-refractivity contribution in [1.29, 1.82) is 0 Å². The van der Waals surface area contributed by atoms with Crippen LogP contribution in [-0.4, -0.2) is 36.6 Å². The van der Waals surface area contributed by atoms with Gasteiger partial charge in [0.05, 0.1) is 17.6 Å². The molecule has 0 saturated carbocycles. The van der Waals surface area contributed by atoms with Crippen LogP contribution in [0.1, 0.15) is 16.6 Å². The Morgan fingerprint density at radius 2 is 2.05 bits per heavy atom. The Morgan fingerprint density at radius 1 is 1.29 bits per heavy atom. The summed E-state index contributed by atoms with van der Waals surface area (Å²) in [5.74, 6) is -0.211. The number of carbonyl (C=O) groups is 1. The van der Waals surface area contributed by atoms with Crippen LogP contribution in [0.2, 0.25) is 0 Å². The maximum atomic E-state index is 12.9. The lowest BCUT2D eigenvalue weighted by Crippen LogP contribution is -2.44. The Balaban J connectivity index is 1.78. The summed E-state index contributed by atoms with van der Waals surface area (Å²) in [5, 5.41) is 0. The number of amides is 1. The third-order valence-electron chi connectivity index (χ3n) is 3.47. The minimum Gasteiger partial charge on any atom is -0.375 e. The van der Waals surface area contributed by atoms with E-state index >= 15 is 0 Å². The fourth-order valence-corrected chi connectivity index (χ4v) is 3.36. The van der Waals surface area contributed by atoms with Gasteiger partial charge in [0.25, 0.3) is 5.91 Å². The van der Waals surface area contributed by atoms with E-state index in [0.717, 1.165) is 10.4 Å². The molecule has 1 aromatic carbocycles. The highest BCUT2D eigenvalue weighted by Gasteiger charge is 2.23. The van der Waals surface area contributed by atoms with Gasteiger partial charge in [-0.05, 0) is 36.8 Å². The summed E-state index contributed by atoms with van der Waals surface area (Å²) in [4.78, 5) is 16.0. The first kappa shape index (κ1) is 14.2. The summed E-state index contributed by atoms with van der Waals surface area (Å²) < 4.78 is 18.4. The number of hydrogen-bond donors (Lipinski definition) is 0. The Morgan fingerprint density at radius 3 is 2.76 bits per heavy atom. The van der Waals surface area contributed by atoms with E-state index in [-0.39, 0.29) is 17.8 Å². The number of rotatable bonds is 2. The van der Waals surface area contributed by atoms with Crippen molar-refractivity contribution in [3.05, 3.63) is 47.1 Å². The van der Waals surface area contributed by atoms with Crippen LogP contribution < -0.4 is 0 Å². The van der Waals surface area contributed by atoms with E-state index in [1.165, 1.54) is 23.5 Å². The first-order valence-electron chi connectivity index (χ1n) is 6.90. The molecule has 0 N–H and O–H groups in total. The van der Waals surface area contributed by atoms with Gasteiger partial charge in [-0.25, -0.2) is 4.39 Å². The van der Waals surface area contributed by atoms with Crippen molar-refractivity contribution in [2.45, 2.75) is 13.0 Å². The van der Waals surface area contributed by atoms with Gasteiger partial charge in [0.2, 0.25) is 0 Å². The van der Waals surface area contributed by atoms with Crippen LogP contribution in [0.5, 0.6) is 0 Å². The van der Waals surface area contributed by atoms with Crippen molar-refractivity contribution in [2.24, 2.45) is 0 Å². The van der Waals surface area contributed by atoms with E-state index in [0.29, 0.717) is 24.6 Å². The molecule has 0 aliphatic carbocycles. The van der Waals surface area contributed by atoms with Crippen LogP contribution in [0, 0.1) is 5.82 Å². The monoisotopic (exact) mass is 305 g/mol. The average Bonchev–Trinajstić information content (AvgIpc) is 2.97. The SMILES string of the molecule is C[C@H]1CN(C(=O)c2ccc(-c3ccc(F)cc3)s2)CCO1. The standard InChI is InChI=1S/C16H16FNO2S/c1-11-10-18(8-9-20-11)16(19)15-7-6-14(21-15)12-2-4-13(17)5-3-12/h2-7,11H,8-10H2,1H3/t11-/m0/s1. The van der Waals surface area contributed by atoms with Gasteiger partial charge in [-0.2, -0.15) is 0 Å². The molecule has 2 heterocycles. The zero-order valence-corrected chi connectivity index (χ0v) is 12.5. The summed E-state index contributed by atoms with van der Waals surface area (Å²) in [5.41, 5.74) is 0.927. The first-order chi connectivity index (χ1) is 10.1. The van der Waals surface area contributed by atoms with E-state index < -0.39 is 0 Å². The Bertz CT molecular complexity index is 638. The van der Waals surface area contributed by atoms with Crippen LogP contribution in [0.4, 0.5) is 4.39 Å². The molecule has 2 aromatic rings. The molecule has 1 aliphatic heterocycles. The number of halogens is 1. The molecule has 1 amide bonds. The lowest BCUT2D eigenvalue weighted by molar-refractivity contribution is -0.0122. The maximum absolute atomic E-state index is 12.9. The van der Waals surface area contributed by atoms with Crippen LogP contribution >= 0.6 is 11.3 Å². The van der Waals surface area contributed by atoms with Crippen LogP contribution in [0.25, 0.3) is 10.4 Å². The van der Waals surface area contributed by atoms with Gasteiger partial charge in [0, 0.05) is 18.0 Å². The van der Waals surface area contributed by atoms with Gasteiger partial charge < -0.3 is 9.64 Å². The second-order valence-corrected chi connectivity index (χ2v) is 6.19. The van der Waals surface area contributed by atoms with Crippen molar-refractivity contribution in [1.82, 2.24) is 4.90 Å². The predicted octanol–water partition coefficient (Wildman–Crippen LogP) is 3.42. The van der Waals surface area contributed by atoms with Crippen molar-refractivity contribution in [2.75, 3.05) is 19.7 Å². The molecular weight excluding hydrogens is 289 g/mol. The Kier molecular flexibility index (Phi) is 4.03. The highest BCUT2D eigenvalue weighted by Crippen LogP contribution is 2.29. The molecular formula is C16H16FNO2S. The Hall–Kier alpha value is -1.72. The van der Waals surface area contributed by atoms with Gasteiger partial charge in [0.15, 0.2) is 0 Å². The van der Waals surface area contributed by atoms with Gasteiger partial charge >= 0.3 is 0 Å². The van der Waals surface area contributed by atoms with Crippen LogP contribution in [-0.2, 0) is 4.74 Å². The summed E-state index contributed by atoms with van der Waals surface area (Å²) >= 11 is 1.44. The smallest absolute Gasteiger partial charge is 0.264 e. The number of thiophene rings is 1. The lowest BCUT2D eigenvalue weighted by Gasteiger charge is -2.30. The fraction of sp³-hybridized carbons (Fsp3) is 0.312. The van der Waals surface area contributed by atoms with Gasteiger partial charge in [-0.3, -0.25) is 4.79 Å². The summed E-state index contributed by atoms with van der Waals surface area (Å²) in [6.07, 6.45) is 0.0826. The van der Waals surface area contributed by atoms with E-state index in [1.807, 2.05) is 24.0 Å². The Labute approximate surface area is 127 Å². The highest BCUT2D eigenvalue weighted by molar-refractivity contribution is 7.17. The molecule has 3 nitrogen and oxygen atoms in total. The van der Waals surface area contributed by atoms with E-state index in [1.54, 1.807) is 12.1 Å². The lowest BCUT2D eigenvalue weighted by atomic mass is 10.2. The molecule has 0 spiro atoms. The largest absolute Gasteiger partial charge is 0.375 e. The van der Waals surface area contributed by atoms with E-state index in [4.69, 9.17) is 4.74 Å². The molecule has 1 atom stereocenters. The van der Waals surface area contributed by atoms with Crippen molar-refractivity contribution < 1.29 is 13.9 Å². The number of nitrogens with zero attached hydrogens (tertiary/aromatic N) is 1. The minimum atomic E-state index is -0.256. The van der Waals surface area contributed by atoms with Crippen molar-refractivity contribution in [3.63, 3.8) is 0 Å². The quantitative estimate of drug-likeness (QED) is 0.851. The zero-order valence-electron chi connectivity index (χ0n) is 11.7. The molecule has 5 heteroatoms.